The Morgan fingerprint density at radius 1 is 1.44 bits per heavy atom. The van der Waals surface area contributed by atoms with E-state index in [1.165, 1.54) is 0 Å². The van der Waals surface area contributed by atoms with E-state index in [-0.39, 0.29) is 15.4 Å². The predicted molar refractivity (Wildman–Crippen MR) is 61.2 cm³/mol. The predicted octanol–water partition coefficient (Wildman–Crippen LogP) is 1.07. The second-order valence-corrected chi connectivity index (χ2v) is 6.46. The number of carbonyl (C=O) groups excluding carboxylic acids is 1. The largest absolute Gasteiger partial charge is 0.301 e. The van der Waals surface area contributed by atoms with Gasteiger partial charge in [-0.2, -0.15) is 0 Å². The fourth-order valence-electron chi connectivity index (χ4n) is 0.929. The molecule has 0 saturated carbocycles. The second-order valence-electron chi connectivity index (χ2n) is 3.30. The van der Waals surface area contributed by atoms with Crippen molar-refractivity contribution in [3.8, 4) is 0 Å². The molecule has 0 bridgehead atoms. The zero-order valence-electron chi connectivity index (χ0n) is 9.06. The highest BCUT2D eigenvalue weighted by Gasteiger charge is 2.15. The Balaban J connectivity index is 2.63. The summed E-state index contributed by atoms with van der Waals surface area (Å²) in [4.78, 5) is 11.3. The highest BCUT2D eigenvalue weighted by atomic mass is 32.2. The van der Waals surface area contributed by atoms with Gasteiger partial charge >= 0.3 is 0 Å². The Morgan fingerprint density at radius 2 is 2.12 bits per heavy atom. The fraction of sp³-hybridized carbons (Fsp3) is 0.625. The summed E-state index contributed by atoms with van der Waals surface area (Å²) in [6.45, 7) is 1.99. The first-order valence-electron chi connectivity index (χ1n) is 4.77. The van der Waals surface area contributed by atoms with Gasteiger partial charge in [0.2, 0.25) is 25.2 Å². The Kier molecular flexibility index (Phi) is 4.36. The maximum absolute atomic E-state index is 11.3. The lowest BCUT2D eigenvalue weighted by molar-refractivity contribution is -0.116. The summed E-state index contributed by atoms with van der Waals surface area (Å²) in [5.41, 5.74) is 0. The van der Waals surface area contributed by atoms with Crippen molar-refractivity contribution >= 4 is 32.2 Å². The molecule has 8 heteroatoms. The van der Waals surface area contributed by atoms with Gasteiger partial charge in [0.05, 0.1) is 0 Å². The van der Waals surface area contributed by atoms with Crippen LogP contribution in [0.5, 0.6) is 0 Å². The van der Waals surface area contributed by atoms with E-state index in [4.69, 9.17) is 0 Å². The van der Waals surface area contributed by atoms with Crippen LogP contribution in [0.3, 0.4) is 0 Å². The molecule has 0 aromatic carbocycles. The van der Waals surface area contributed by atoms with E-state index in [0.717, 1.165) is 30.4 Å². The molecule has 0 aliphatic carbocycles. The molecule has 0 aliphatic rings. The van der Waals surface area contributed by atoms with Crippen molar-refractivity contribution in [3.63, 3.8) is 0 Å². The van der Waals surface area contributed by atoms with Gasteiger partial charge in [-0.25, -0.2) is 8.42 Å². The number of nitrogens with one attached hydrogen (secondary N) is 1. The quantitative estimate of drug-likeness (QED) is 0.803. The molecular weight excluding hydrogens is 250 g/mol. The van der Waals surface area contributed by atoms with Crippen molar-refractivity contribution in [3.05, 3.63) is 0 Å². The summed E-state index contributed by atoms with van der Waals surface area (Å²) in [6, 6.07) is 0. The SMILES string of the molecule is CCCCC(=O)Nc1nnc(S(C)(=O)=O)s1. The highest BCUT2D eigenvalue weighted by Crippen LogP contribution is 2.19. The van der Waals surface area contributed by atoms with Crippen LogP contribution in [0.2, 0.25) is 0 Å². The minimum atomic E-state index is -3.34. The van der Waals surface area contributed by atoms with E-state index in [1.807, 2.05) is 6.92 Å². The van der Waals surface area contributed by atoms with Gasteiger partial charge in [0.15, 0.2) is 0 Å². The summed E-state index contributed by atoms with van der Waals surface area (Å²) < 4.78 is 22.1. The molecule has 0 radical (unpaired) electrons. The Hall–Kier alpha value is -1.02. The van der Waals surface area contributed by atoms with Crippen LogP contribution >= 0.6 is 11.3 Å². The number of nitrogens with zero attached hydrogens (tertiary/aromatic N) is 2. The number of anilines is 1. The van der Waals surface area contributed by atoms with E-state index in [9.17, 15) is 13.2 Å². The third-order valence-corrected chi connectivity index (χ3v) is 4.24. The number of hydrogen-bond acceptors (Lipinski definition) is 6. The van der Waals surface area contributed by atoms with Gasteiger partial charge in [-0.3, -0.25) is 4.79 Å². The zero-order chi connectivity index (χ0) is 12.2. The van der Waals surface area contributed by atoms with Gasteiger partial charge in [-0.05, 0) is 6.42 Å². The molecule has 1 N–H and O–H groups in total. The van der Waals surface area contributed by atoms with Gasteiger partial charge in [0.1, 0.15) is 0 Å². The number of aromatic nitrogens is 2. The smallest absolute Gasteiger partial charge is 0.234 e. The standard InChI is InChI=1S/C8H13N3O3S2/c1-3-4-5-6(12)9-7-10-11-8(15-7)16(2,13)14/h3-5H2,1-2H3,(H,9,10,12). The van der Waals surface area contributed by atoms with Crippen molar-refractivity contribution in [1.82, 2.24) is 10.2 Å². The van der Waals surface area contributed by atoms with Crippen molar-refractivity contribution in [2.45, 2.75) is 30.5 Å². The number of rotatable bonds is 5. The minimum absolute atomic E-state index is 0.0849. The third kappa shape index (κ3) is 3.86. The molecule has 1 rings (SSSR count). The van der Waals surface area contributed by atoms with Crippen molar-refractivity contribution < 1.29 is 13.2 Å². The van der Waals surface area contributed by atoms with Crippen LogP contribution in [0, 0.1) is 0 Å². The number of hydrogen-bond donors (Lipinski definition) is 1. The topological polar surface area (TPSA) is 89.0 Å². The third-order valence-electron chi connectivity index (χ3n) is 1.73. The molecule has 0 spiro atoms. The number of amides is 1. The summed E-state index contributed by atoms with van der Waals surface area (Å²) in [5, 5.41) is 9.81. The Labute approximate surface area is 98.0 Å². The lowest BCUT2D eigenvalue weighted by atomic mass is 10.2. The fourth-order valence-corrected chi connectivity index (χ4v) is 2.45. The molecule has 1 aromatic rings. The monoisotopic (exact) mass is 263 g/mol. The van der Waals surface area contributed by atoms with E-state index in [2.05, 4.69) is 15.5 Å². The van der Waals surface area contributed by atoms with Gasteiger partial charge in [0.25, 0.3) is 0 Å². The van der Waals surface area contributed by atoms with Gasteiger partial charge < -0.3 is 5.32 Å². The molecule has 1 aromatic heterocycles. The lowest BCUT2D eigenvalue weighted by Crippen LogP contribution is -2.10. The Bertz CT molecular complexity index is 467. The van der Waals surface area contributed by atoms with Crippen LogP contribution in [0.1, 0.15) is 26.2 Å². The summed E-state index contributed by atoms with van der Waals surface area (Å²) in [7, 11) is -3.34. The first-order chi connectivity index (χ1) is 7.43. The molecular formula is C8H13N3O3S2. The van der Waals surface area contributed by atoms with Crippen molar-refractivity contribution in [1.29, 1.82) is 0 Å². The van der Waals surface area contributed by atoms with Gasteiger partial charge in [0, 0.05) is 12.7 Å². The molecule has 0 aliphatic heterocycles. The zero-order valence-corrected chi connectivity index (χ0v) is 10.7. The molecule has 16 heavy (non-hydrogen) atoms. The molecule has 1 amide bonds. The molecule has 90 valence electrons. The lowest BCUT2D eigenvalue weighted by Gasteiger charge is -1.98. The van der Waals surface area contributed by atoms with E-state index in [1.54, 1.807) is 0 Å². The van der Waals surface area contributed by atoms with Crippen LogP contribution < -0.4 is 5.32 Å². The molecule has 0 saturated heterocycles. The van der Waals surface area contributed by atoms with Crippen LogP contribution in [0.15, 0.2) is 4.34 Å². The van der Waals surface area contributed by atoms with Crippen molar-refractivity contribution in [2.75, 3.05) is 11.6 Å². The first-order valence-corrected chi connectivity index (χ1v) is 7.47. The van der Waals surface area contributed by atoms with Crippen LogP contribution in [0.25, 0.3) is 0 Å². The summed E-state index contributed by atoms with van der Waals surface area (Å²) >= 11 is 0.859. The van der Waals surface area contributed by atoms with E-state index < -0.39 is 9.84 Å². The van der Waals surface area contributed by atoms with Gasteiger partial charge in [-0.1, -0.05) is 24.7 Å². The first kappa shape index (κ1) is 13.0. The Morgan fingerprint density at radius 3 is 2.62 bits per heavy atom. The number of carbonyl (C=O) groups is 1. The molecule has 1 heterocycles. The summed E-state index contributed by atoms with van der Waals surface area (Å²) in [5.74, 6) is -0.168. The van der Waals surface area contributed by atoms with Crippen LogP contribution in [-0.2, 0) is 14.6 Å². The van der Waals surface area contributed by atoms with Gasteiger partial charge in [-0.15, -0.1) is 10.2 Å². The maximum atomic E-state index is 11.3. The molecule has 0 unspecified atom stereocenters. The molecule has 0 fully saturated rings. The normalized spacial score (nSPS) is 11.4. The number of unbranched alkanes of at least 4 members (excludes halogenated alkanes) is 1. The minimum Gasteiger partial charge on any atom is -0.301 e. The highest BCUT2D eigenvalue weighted by molar-refractivity contribution is 7.92. The maximum Gasteiger partial charge on any atom is 0.234 e. The second kappa shape index (κ2) is 5.35. The van der Waals surface area contributed by atoms with E-state index in [0.29, 0.717) is 6.42 Å². The molecule has 0 atom stereocenters. The molecule has 6 nitrogen and oxygen atoms in total. The van der Waals surface area contributed by atoms with E-state index >= 15 is 0 Å². The van der Waals surface area contributed by atoms with Crippen LogP contribution in [-0.4, -0.2) is 30.8 Å². The average molecular weight is 263 g/mol. The van der Waals surface area contributed by atoms with Crippen LogP contribution in [0.4, 0.5) is 5.13 Å². The van der Waals surface area contributed by atoms with Crippen molar-refractivity contribution in [2.24, 2.45) is 0 Å². The number of sulfone groups is 1. The summed E-state index contributed by atoms with van der Waals surface area (Å²) in [6.07, 6.45) is 3.18. The average Bonchev–Trinajstić information content (AvgIpc) is 2.62.